The lowest BCUT2D eigenvalue weighted by molar-refractivity contribution is 0.336. The first-order valence-corrected chi connectivity index (χ1v) is 6.14. The molecule has 1 N–H and O–H groups in total. The van der Waals surface area contributed by atoms with Crippen molar-refractivity contribution in [2.45, 2.75) is 32.7 Å². The maximum atomic E-state index is 11.8. The van der Waals surface area contributed by atoms with Gasteiger partial charge in [0.1, 0.15) is 0 Å². The predicted molar refractivity (Wildman–Crippen MR) is 65.6 cm³/mol. The van der Waals surface area contributed by atoms with Gasteiger partial charge >= 0.3 is 0 Å². The van der Waals surface area contributed by atoms with E-state index in [4.69, 9.17) is 0 Å². The van der Waals surface area contributed by atoms with Crippen LogP contribution in [0.2, 0.25) is 0 Å². The maximum absolute atomic E-state index is 11.8. The highest BCUT2D eigenvalue weighted by Crippen LogP contribution is 2.16. The summed E-state index contributed by atoms with van der Waals surface area (Å²) in [5.41, 5.74) is 1.00. The zero-order valence-electron chi connectivity index (χ0n) is 9.91. The van der Waals surface area contributed by atoms with Gasteiger partial charge in [-0.1, -0.05) is 6.07 Å². The SMILES string of the molecule is Cc1cccn(CCC2CCNCC2)c1=O. The summed E-state index contributed by atoms with van der Waals surface area (Å²) in [5.74, 6) is 0.786. The van der Waals surface area contributed by atoms with E-state index in [1.54, 1.807) is 0 Å². The number of aryl methyl sites for hydroxylation is 2. The molecular weight excluding hydrogens is 200 g/mol. The molecule has 0 spiro atoms. The zero-order chi connectivity index (χ0) is 11.4. The number of aromatic nitrogens is 1. The lowest BCUT2D eigenvalue weighted by Gasteiger charge is -2.22. The topological polar surface area (TPSA) is 34.0 Å². The highest BCUT2D eigenvalue weighted by molar-refractivity contribution is 5.07. The second-order valence-corrected chi connectivity index (χ2v) is 4.67. The summed E-state index contributed by atoms with van der Waals surface area (Å²) in [7, 11) is 0. The number of pyridine rings is 1. The third-order valence-electron chi connectivity index (χ3n) is 3.45. The molecule has 1 aromatic rings. The Hall–Kier alpha value is -1.09. The second-order valence-electron chi connectivity index (χ2n) is 4.67. The molecule has 3 nitrogen and oxygen atoms in total. The summed E-state index contributed by atoms with van der Waals surface area (Å²) in [5, 5.41) is 3.36. The van der Waals surface area contributed by atoms with Crippen LogP contribution in [0.5, 0.6) is 0 Å². The molecular formula is C13H20N2O. The van der Waals surface area contributed by atoms with E-state index in [0.717, 1.165) is 37.5 Å². The fraction of sp³-hybridized carbons (Fsp3) is 0.615. The molecule has 2 rings (SSSR count). The Balaban J connectivity index is 1.94. The van der Waals surface area contributed by atoms with E-state index in [0.29, 0.717) is 0 Å². The minimum atomic E-state index is 0.163. The minimum Gasteiger partial charge on any atom is -0.317 e. The molecule has 0 aliphatic carbocycles. The standard InChI is InChI=1S/C13H20N2O/c1-11-3-2-9-15(13(11)16)10-6-12-4-7-14-8-5-12/h2-3,9,12,14H,4-8,10H2,1H3. The summed E-state index contributed by atoms with van der Waals surface area (Å²) in [6, 6.07) is 3.84. The van der Waals surface area contributed by atoms with Gasteiger partial charge in [0.25, 0.3) is 5.56 Å². The van der Waals surface area contributed by atoms with Gasteiger partial charge in [-0.3, -0.25) is 4.79 Å². The van der Waals surface area contributed by atoms with Crippen LogP contribution in [-0.2, 0) is 6.54 Å². The molecule has 0 amide bonds. The number of nitrogens with one attached hydrogen (secondary N) is 1. The van der Waals surface area contributed by atoms with Gasteiger partial charge in [0.15, 0.2) is 0 Å². The third-order valence-corrected chi connectivity index (χ3v) is 3.45. The molecule has 0 saturated carbocycles. The van der Waals surface area contributed by atoms with Gasteiger partial charge in [0, 0.05) is 18.3 Å². The highest BCUT2D eigenvalue weighted by Gasteiger charge is 2.12. The highest BCUT2D eigenvalue weighted by atomic mass is 16.1. The first-order valence-electron chi connectivity index (χ1n) is 6.14. The number of hydrogen-bond acceptors (Lipinski definition) is 2. The van der Waals surface area contributed by atoms with Gasteiger partial charge in [-0.15, -0.1) is 0 Å². The van der Waals surface area contributed by atoms with Crippen LogP contribution in [0.4, 0.5) is 0 Å². The lowest BCUT2D eigenvalue weighted by Crippen LogP contribution is -2.29. The van der Waals surface area contributed by atoms with Crippen molar-refractivity contribution in [3.05, 3.63) is 34.2 Å². The number of nitrogens with zero attached hydrogens (tertiary/aromatic N) is 1. The monoisotopic (exact) mass is 220 g/mol. The molecule has 0 atom stereocenters. The van der Waals surface area contributed by atoms with E-state index >= 15 is 0 Å². The Morgan fingerprint density at radius 1 is 1.44 bits per heavy atom. The smallest absolute Gasteiger partial charge is 0.253 e. The molecule has 1 fully saturated rings. The number of piperidine rings is 1. The van der Waals surface area contributed by atoms with Gasteiger partial charge in [0.05, 0.1) is 0 Å². The average molecular weight is 220 g/mol. The molecule has 0 radical (unpaired) electrons. The molecule has 0 aromatic carbocycles. The minimum absolute atomic E-state index is 0.163. The van der Waals surface area contributed by atoms with Crippen molar-refractivity contribution in [1.82, 2.24) is 9.88 Å². The van der Waals surface area contributed by atoms with Gasteiger partial charge in [-0.2, -0.15) is 0 Å². The van der Waals surface area contributed by atoms with Crippen LogP contribution in [0.15, 0.2) is 23.1 Å². The largest absolute Gasteiger partial charge is 0.317 e. The lowest BCUT2D eigenvalue weighted by atomic mass is 9.95. The molecule has 1 aliphatic heterocycles. The van der Waals surface area contributed by atoms with Crippen molar-refractivity contribution in [2.75, 3.05) is 13.1 Å². The Labute approximate surface area is 96.5 Å². The van der Waals surface area contributed by atoms with Crippen molar-refractivity contribution in [2.24, 2.45) is 5.92 Å². The molecule has 2 heterocycles. The molecule has 0 unspecified atom stereocenters. The van der Waals surface area contributed by atoms with Crippen molar-refractivity contribution >= 4 is 0 Å². The van der Waals surface area contributed by atoms with Gasteiger partial charge in [0.2, 0.25) is 0 Å². The summed E-state index contributed by atoms with van der Waals surface area (Å²) in [4.78, 5) is 11.8. The molecule has 1 saturated heterocycles. The molecule has 0 bridgehead atoms. The summed E-state index contributed by atoms with van der Waals surface area (Å²) in [6.45, 7) is 5.01. The first-order chi connectivity index (χ1) is 7.77. The molecule has 3 heteroatoms. The van der Waals surface area contributed by atoms with Crippen molar-refractivity contribution in [3.63, 3.8) is 0 Å². The van der Waals surface area contributed by atoms with Gasteiger partial charge < -0.3 is 9.88 Å². The zero-order valence-corrected chi connectivity index (χ0v) is 9.91. The quantitative estimate of drug-likeness (QED) is 0.838. The number of hydrogen-bond donors (Lipinski definition) is 1. The molecule has 88 valence electrons. The Morgan fingerprint density at radius 2 is 2.19 bits per heavy atom. The van der Waals surface area contributed by atoms with E-state index in [9.17, 15) is 4.79 Å². The van der Waals surface area contributed by atoms with Gasteiger partial charge in [-0.25, -0.2) is 0 Å². The fourth-order valence-corrected chi connectivity index (χ4v) is 2.32. The van der Waals surface area contributed by atoms with Crippen LogP contribution < -0.4 is 10.9 Å². The normalized spacial score (nSPS) is 17.6. The molecule has 1 aromatic heterocycles. The van der Waals surface area contributed by atoms with Crippen LogP contribution in [0.1, 0.15) is 24.8 Å². The maximum Gasteiger partial charge on any atom is 0.253 e. The average Bonchev–Trinajstić information content (AvgIpc) is 2.32. The summed E-state index contributed by atoms with van der Waals surface area (Å²) < 4.78 is 1.84. The summed E-state index contributed by atoms with van der Waals surface area (Å²) >= 11 is 0. The van der Waals surface area contributed by atoms with Crippen molar-refractivity contribution < 1.29 is 0 Å². The van der Waals surface area contributed by atoms with Crippen LogP contribution in [0, 0.1) is 12.8 Å². The van der Waals surface area contributed by atoms with E-state index in [1.807, 2.05) is 29.8 Å². The van der Waals surface area contributed by atoms with Crippen LogP contribution in [0.3, 0.4) is 0 Å². The van der Waals surface area contributed by atoms with Crippen LogP contribution >= 0.6 is 0 Å². The third kappa shape index (κ3) is 2.73. The van der Waals surface area contributed by atoms with Crippen LogP contribution in [-0.4, -0.2) is 17.7 Å². The first kappa shape index (κ1) is 11.4. The Bertz CT molecular complexity index is 391. The van der Waals surface area contributed by atoms with E-state index in [-0.39, 0.29) is 5.56 Å². The van der Waals surface area contributed by atoms with Gasteiger partial charge in [-0.05, 0) is 51.3 Å². The Morgan fingerprint density at radius 3 is 2.94 bits per heavy atom. The van der Waals surface area contributed by atoms with Crippen molar-refractivity contribution in [1.29, 1.82) is 0 Å². The van der Waals surface area contributed by atoms with E-state index < -0.39 is 0 Å². The molecule has 16 heavy (non-hydrogen) atoms. The second kappa shape index (κ2) is 5.30. The Kier molecular flexibility index (Phi) is 3.78. The van der Waals surface area contributed by atoms with Crippen molar-refractivity contribution in [3.8, 4) is 0 Å². The fourth-order valence-electron chi connectivity index (χ4n) is 2.32. The molecule has 1 aliphatic rings. The number of rotatable bonds is 3. The summed E-state index contributed by atoms with van der Waals surface area (Å²) in [6.07, 6.45) is 5.53. The predicted octanol–water partition coefficient (Wildman–Crippen LogP) is 1.55. The van der Waals surface area contributed by atoms with E-state index in [1.165, 1.54) is 12.8 Å². The van der Waals surface area contributed by atoms with Crippen LogP contribution in [0.25, 0.3) is 0 Å². The van der Waals surface area contributed by atoms with E-state index in [2.05, 4.69) is 5.32 Å².